The zero-order valence-electron chi connectivity index (χ0n) is 16.2. The Morgan fingerprint density at radius 1 is 1.18 bits per heavy atom. The van der Waals surface area contributed by atoms with E-state index in [4.69, 9.17) is 11.6 Å². The molecule has 2 atom stereocenters. The summed E-state index contributed by atoms with van der Waals surface area (Å²) in [7, 11) is 0. The minimum Gasteiger partial charge on any atom is -0.347 e. The van der Waals surface area contributed by atoms with E-state index < -0.39 is 0 Å². The van der Waals surface area contributed by atoms with Crippen molar-refractivity contribution >= 4 is 17.5 Å². The highest BCUT2D eigenvalue weighted by molar-refractivity contribution is 6.30. The van der Waals surface area contributed by atoms with Crippen LogP contribution >= 0.6 is 11.6 Å². The number of benzene rings is 1. The fraction of sp³-hybridized carbons (Fsp3) is 0.478. The van der Waals surface area contributed by atoms with Gasteiger partial charge in [0.1, 0.15) is 0 Å². The van der Waals surface area contributed by atoms with Gasteiger partial charge in [-0.05, 0) is 68.0 Å². The summed E-state index contributed by atoms with van der Waals surface area (Å²) in [5.41, 5.74) is 2.21. The number of carbonyl (C=O) groups is 1. The number of halogens is 1. The highest BCUT2D eigenvalue weighted by Crippen LogP contribution is 2.32. The van der Waals surface area contributed by atoms with Crippen molar-refractivity contribution in [2.45, 2.75) is 44.7 Å². The lowest BCUT2D eigenvalue weighted by atomic mass is 9.83. The zero-order valence-corrected chi connectivity index (χ0v) is 16.9. The maximum Gasteiger partial charge on any atom is 0.223 e. The molecule has 1 aliphatic heterocycles. The molecule has 1 aromatic heterocycles. The number of nitrogens with one attached hydrogen (secondary N) is 1. The summed E-state index contributed by atoms with van der Waals surface area (Å²) >= 11 is 6.15. The van der Waals surface area contributed by atoms with Crippen LogP contribution in [0, 0.1) is 11.8 Å². The summed E-state index contributed by atoms with van der Waals surface area (Å²) in [5, 5.41) is 4.13. The van der Waals surface area contributed by atoms with E-state index in [-0.39, 0.29) is 17.9 Å². The molecule has 2 aromatic rings. The maximum absolute atomic E-state index is 12.7. The van der Waals surface area contributed by atoms with Crippen molar-refractivity contribution in [2.24, 2.45) is 11.8 Å². The van der Waals surface area contributed by atoms with Gasteiger partial charge in [0, 0.05) is 30.2 Å². The predicted molar refractivity (Wildman–Crippen MR) is 112 cm³/mol. The lowest BCUT2D eigenvalue weighted by Gasteiger charge is -2.38. The molecule has 1 amide bonds. The van der Waals surface area contributed by atoms with Gasteiger partial charge in [0.25, 0.3) is 0 Å². The molecule has 0 bridgehead atoms. The molecule has 28 heavy (non-hydrogen) atoms. The molecule has 148 valence electrons. The van der Waals surface area contributed by atoms with Crippen LogP contribution in [0.2, 0.25) is 5.02 Å². The number of nitrogens with zero attached hydrogens (tertiary/aromatic N) is 2. The molecule has 0 spiro atoms. The Bertz CT molecular complexity index is 793. The van der Waals surface area contributed by atoms with Crippen molar-refractivity contribution in [3.8, 4) is 0 Å². The van der Waals surface area contributed by atoms with Crippen LogP contribution in [-0.2, 0) is 11.3 Å². The molecule has 1 aliphatic carbocycles. The molecule has 1 saturated carbocycles. The summed E-state index contributed by atoms with van der Waals surface area (Å²) in [6.45, 7) is 2.93. The van der Waals surface area contributed by atoms with Gasteiger partial charge >= 0.3 is 0 Å². The van der Waals surface area contributed by atoms with Gasteiger partial charge in [-0.1, -0.05) is 36.2 Å². The molecular weight excluding hydrogens is 370 g/mol. The first-order valence-electron chi connectivity index (χ1n) is 10.4. The number of likely N-dealkylation sites (tertiary alicyclic amines) is 1. The van der Waals surface area contributed by atoms with Crippen LogP contribution in [0.3, 0.4) is 0 Å². The van der Waals surface area contributed by atoms with E-state index in [2.05, 4.69) is 21.3 Å². The van der Waals surface area contributed by atoms with Crippen molar-refractivity contribution in [1.82, 2.24) is 15.2 Å². The average molecular weight is 398 g/mol. The summed E-state index contributed by atoms with van der Waals surface area (Å²) in [5.74, 6) is 0.762. The van der Waals surface area contributed by atoms with Crippen LogP contribution in [0.4, 0.5) is 0 Å². The Labute approximate surface area is 172 Å². The summed E-state index contributed by atoms with van der Waals surface area (Å²) in [6, 6.07) is 14.1. The van der Waals surface area contributed by atoms with Crippen LogP contribution < -0.4 is 5.32 Å². The maximum atomic E-state index is 12.7. The molecule has 2 aliphatic rings. The molecule has 5 heteroatoms. The van der Waals surface area contributed by atoms with Gasteiger partial charge in [0.2, 0.25) is 5.91 Å². The molecule has 2 heterocycles. The monoisotopic (exact) mass is 397 g/mol. The van der Waals surface area contributed by atoms with E-state index in [0.29, 0.717) is 5.92 Å². The minimum absolute atomic E-state index is 0.0172. The quantitative estimate of drug-likeness (QED) is 0.774. The Balaban J connectivity index is 1.47. The van der Waals surface area contributed by atoms with Gasteiger partial charge in [-0.2, -0.15) is 0 Å². The van der Waals surface area contributed by atoms with Crippen LogP contribution in [-0.4, -0.2) is 28.9 Å². The summed E-state index contributed by atoms with van der Waals surface area (Å²) in [4.78, 5) is 19.8. The summed E-state index contributed by atoms with van der Waals surface area (Å²) < 4.78 is 0. The zero-order chi connectivity index (χ0) is 19.3. The molecule has 1 saturated heterocycles. The smallest absolute Gasteiger partial charge is 0.223 e. The van der Waals surface area contributed by atoms with E-state index in [1.165, 1.54) is 12.0 Å². The van der Waals surface area contributed by atoms with Gasteiger partial charge in [0.15, 0.2) is 0 Å². The minimum atomic E-state index is -0.0172. The van der Waals surface area contributed by atoms with Crippen LogP contribution in [0.5, 0.6) is 0 Å². The van der Waals surface area contributed by atoms with Crippen molar-refractivity contribution < 1.29 is 4.79 Å². The van der Waals surface area contributed by atoms with E-state index >= 15 is 0 Å². The first-order valence-corrected chi connectivity index (χ1v) is 10.7. The third kappa shape index (κ3) is 4.73. The highest BCUT2D eigenvalue weighted by atomic mass is 35.5. The van der Waals surface area contributed by atoms with E-state index in [1.54, 1.807) is 0 Å². The number of amides is 1. The van der Waals surface area contributed by atoms with E-state index in [9.17, 15) is 4.79 Å². The Hall–Kier alpha value is -1.91. The van der Waals surface area contributed by atoms with Crippen molar-refractivity contribution in [3.63, 3.8) is 0 Å². The van der Waals surface area contributed by atoms with Gasteiger partial charge in [-0.3, -0.25) is 14.7 Å². The van der Waals surface area contributed by atoms with Crippen molar-refractivity contribution in [2.75, 3.05) is 13.1 Å². The number of pyridine rings is 1. The largest absolute Gasteiger partial charge is 0.347 e. The second kappa shape index (κ2) is 9.06. The highest BCUT2D eigenvalue weighted by Gasteiger charge is 2.33. The fourth-order valence-corrected chi connectivity index (χ4v) is 4.55. The molecule has 2 fully saturated rings. The predicted octanol–water partition coefficient (Wildman–Crippen LogP) is 4.60. The van der Waals surface area contributed by atoms with E-state index in [1.807, 2.05) is 42.6 Å². The van der Waals surface area contributed by atoms with E-state index in [0.717, 1.165) is 56.0 Å². The molecule has 0 unspecified atom stereocenters. The Morgan fingerprint density at radius 3 is 2.79 bits per heavy atom. The number of rotatable bonds is 6. The molecular formula is C23H28ClN3O. The first kappa shape index (κ1) is 19.4. The normalized spacial score (nSPS) is 21.7. The number of hydrogen-bond acceptors (Lipinski definition) is 3. The molecule has 1 aromatic carbocycles. The van der Waals surface area contributed by atoms with Gasteiger partial charge in [0.05, 0.1) is 11.7 Å². The third-order valence-corrected chi connectivity index (χ3v) is 6.32. The first-order chi connectivity index (χ1) is 13.7. The van der Waals surface area contributed by atoms with Crippen molar-refractivity contribution in [3.05, 3.63) is 64.9 Å². The molecule has 1 N–H and O–H groups in total. The van der Waals surface area contributed by atoms with Crippen LogP contribution in [0.25, 0.3) is 0 Å². The molecule has 4 nitrogen and oxygen atoms in total. The lowest BCUT2D eigenvalue weighted by Crippen LogP contribution is -2.45. The SMILES string of the molecule is O=C(N[C@H](c1ccccn1)[C@H]1CCCN(Cc2cccc(Cl)c2)C1)C1CCC1. The second-order valence-electron chi connectivity index (χ2n) is 8.14. The van der Waals surface area contributed by atoms with Crippen LogP contribution in [0.15, 0.2) is 48.7 Å². The van der Waals surface area contributed by atoms with Crippen molar-refractivity contribution in [1.29, 1.82) is 0 Å². The van der Waals surface area contributed by atoms with Gasteiger partial charge in [-0.15, -0.1) is 0 Å². The standard InChI is InChI=1S/C23H28ClN3O/c24-20-10-3-6-17(14-20)15-27-13-5-9-19(16-27)22(21-11-1-2-12-25-21)26-23(28)18-7-4-8-18/h1-3,6,10-12,14,18-19,22H,4-5,7-9,13,15-16H2,(H,26,28)/t19-,22-/m0/s1. The Kier molecular flexibility index (Phi) is 6.28. The number of aromatic nitrogens is 1. The molecule has 4 rings (SSSR count). The average Bonchev–Trinajstić information content (AvgIpc) is 2.66. The topological polar surface area (TPSA) is 45.2 Å². The fourth-order valence-electron chi connectivity index (χ4n) is 4.34. The molecule has 0 radical (unpaired) electrons. The second-order valence-corrected chi connectivity index (χ2v) is 8.57. The number of hydrogen-bond donors (Lipinski definition) is 1. The Morgan fingerprint density at radius 2 is 2.07 bits per heavy atom. The number of piperidine rings is 1. The summed E-state index contributed by atoms with van der Waals surface area (Å²) in [6.07, 6.45) is 7.28. The number of carbonyl (C=O) groups excluding carboxylic acids is 1. The van der Waals surface area contributed by atoms with Gasteiger partial charge in [-0.25, -0.2) is 0 Å². The van der Waals surface area contributed by atoms with Crippen LogP contribution in [0.1, 0.15) is 49.4 Å². The van der Waals surface area contributed by atoms with Gasteiger partial charge < -0.3 is 5.32 Å². The lowest BCUT2D eigenvalue weighted by molar-refractivity contribution is -0.128. The third-order valence-electron chi connectivity index (χ3n) is 6.09.